The van der Waals surface area contributed by atoms with Crippen LogP contribution in [0.1, 0.15) is 50.4 Å². The number of nitrogens with zero attached hydrogens (tertiary/aromatic N) is 1. The molecular weight excluding hydrogens is 316 g/mol. The molecule has 5 heteroatoms. The standard InChI is InChI=1S/C20H28N2O3/c1-5-16-11-7-6-10-14(2)25-18-13-9-8-12-17(18)20(24)22(4)15(3)19(23)21-16/h6-9,12-16H,5,10-11H2,1-4H3,(H,21,23)/b7-6+/t14-,15-,16+/m0/s1. The zero-order valence-corrected chi connectivity index (χ0v) is 15.5. The number of carbonyl (C=O) groups is 2. The minimum Gasteiger partial charge on any atom is -0.490 e. The van der Waals surface area contributed by atoms with Crippen LogP contribution in [0, 0.1) is 0 Å². The molecule has 25 heavy (non-hydrogen) atoms. The summed E-state index contributed by atoms with van der Waals surface area (Å²) in [5.74, 6) is 0.197. The van der Waals surface area contributed by atoms with Crippen molar-refractivity contribution in [1.82, 2.24) is 10.2 Å². The van der Waals surface area contributed by atoms with Gasteiger partial charge >= 0.3 is 0 Å². The number of carbonyl (C=O) groups excluding carboxylic acids is 2. The SMILES string of the molecule is CC[C@@H]1C/C=C/C[C@H](C)Oc2ccccc2C(=O)N(C)[C@@H](C)C(=O)N1. The molecule has 2 rings (SSSR count). The second-order valence-corrected chi connectivity index (χ2v) is 6.57. The van der Waals surface area contributed by atoms with E-state index in [1.807, 2.05) is 19.9 Å². The molecule has 1 aromatic rings. The van der Waals surface area contributed by atoms with E-state index in [0.29, 0.717) is 11.3 Å². The highest BCUT2D eigenvalue weighted by Crippen LogP contribution is 2.22. The van der Waals surface area contributed by atoms with Gasteiger partial charge in [-0.05, 0) is 38.8 Å². The highest BCUT2D eigenvalue weighted by molar-refractivity contribution is 5.99. The largest absolute Gasteiger partial charge is 0.490 e. The highest BCUT2D eigenvalue weighted by Gasteiger charge is 2.26. The predicted octanol–water partition coefficient (Wildman–Crippen LogP) is 3.16. The molecule has 1 aromatic carbocycles. The van der Waals surface area contributed by atoms with Crippen LogP contribution in [0.4, 0.5) is 0 Å². The van der Waals surface area contributed by atoms with Gasteiger partial charge in [0.1, 0.15) is 11.8 Å². The van der Waals surface area contributed by atoms with E-state index in [0.717, 1.165) is 19.3 Å². The van der Waals surface area contributed by atoms with E-state index in [4.69, 9.17) is 4.74 Å². The van der Waals surface area contributed by atoms with Crippen molar-refractivity contribution in [2.24, 2.45) is 0 Å². The van der Waals surface area contributed by atoms with Gasteiger partial charge in [-0.1, -0.05) is 31.2 Å². The summed E-state index contributed by atoms with van der Waals surface area (Å²) < 4.78 is 5.98. The molecule has 0 spiro atoms. The first-order chi connectivity index (χ1) is 11.9. The molecule has 1 aliphatic rings. The van der Waals surface area contributed by atoms with Crippen LogP contribution < -0.4 is 10.1 Å². The molecule has 3 atom stereocenters. The Balaban J connectivity index is 2.34. The molecule has 0 saturated heterocycles. The second-order valence-electron chi connectivity index (χ2n) is 6.57. The second kappa shape index (κ2) is 8.70. The summed E-state index contributed by atoms with van der Waals surface area (Å²) in [7, 11) is 1.65. The fourth-order valence-electron chi connectivity index (χ4n) is 2.75. The van der Waals surface area contributed by atoms with Crippen molar-refractivity contribution >= 4 is 11.8 Å². The average Bonchev–Trinajstić information content (AvgIpc) is 2.61. The van der Waals surface area contributed by atoms with Crippen LogP contribution in [0.15, 0.2) is 36.4 Å². The number of rotatable bonds is 1. The van der Waals surface area contributed by atoms with Gasteiger partial charge in [-0.25, -0.2) is 0 Å². The zero-order valence-electron chi connectivity index (χ0n) is 15.5. The fourth-order valence-corrected chi connectivity index (χ4v) is 2.75. The van der Waals surface area contributed by atoms with E-state index in [1.54, 1.807) is 32.2 Å². The lowest BCUT2D eigenvalue weighted by atomic mass is 10.1. The normalized spacial score (nSPS) is 26.9. The molecule has 0 aliphatic carbocycles. The lowest BCUT2D eigenvalue weighted by Gasteiger charge is -2.27. The Labute approximate surface area is 150 Å². The van der Waals surface area contributed by atoms with Crippen LogP contribution in [-0.4, -0.2) is 41.9 Å². The van der Waals surface area contributed by atoms with Gasteiger partial charge in [-0.3, -0.25) is 9.59 Å². The van der Waals surface area contributed by atoms with Gasteiger partial charge in [0.2, 0.25) is 5.91 Å². The van der Waals surface area contributed by atoms with E-state index < -0.39 is 6.04 Å². The number of hydrogen-bond donors (Lipinski definition) is 1. The summed E-state index contributed by atoms with van der Waals surface area (Å²) in [5, 5.41) is 3.04. The topological polar surface area (TPSA) is 58.6 Å². The molecule has 0 saturated carbocycles. The van der Waals surface area contributed by atoms with Gasteiger partial charge < -0.3 is 15.0 Å². The Hall–Kier alpha value is -2.30. The molecule has 0 bridgehead atoms. The first kappa shape index (κ1) is 19.0. The summed E-state index contributed by atoms with van der Waals surface area (Å²) in [6, 6.07) is 6.70. The Kier molecular flexibility index (Phi) is 6.62. The molecular formula is C20H28N2O3. The first-order valence-corrected chi connectivity index (χ1v) is 8.92. The minimum absolute atomic E-state index is 0.0365. The first-order valence-electron chi connectivity index (χ1n) is 8.92. The minimum atomic E-state index is -0.557. The molecule has 136 valence electrons. The van der Waals surface area contributed by atoms with Gasteiger partial charge in [-0.2, -0.15) is 0 Å². The summed E-state index contributed by atoms with van der Waals surface area (Å²) in [4.78, 5) is 26.9. The molecule has 0 radical (unpaired) electrons. The van der Waals surface area contributed by atoms with Crippen LogP contribution in [0.3, 0.4) is 0 Å². The molecule has 1 aliphatic heterocycles. The summed E-state index contributed by atoms with van der Waals surface area (Å²) in [6.07, 6.45) is 6.49. The van der Waals surface area contributed by atoms with Crippen molar-refractivity contribution in [3.8, 4) is 5.75 Å². The maximum absolute atomic E-state index is 12.9. The van der Waals surface area contributed by atoms with Gasteiger partial charge in [0.05, 0.1) is 11.7 Å². The van der Waals surface area contributed by atoms with Crippen LogP contribution in [-0.2, 0) is 4.79 Å². The molecule has 5 nitrogen and oxygen atoms in total. The predicted molar refractivity (Wildman–Crippen MR) is 98.7 cm³/mol. The van der Waals surface area contributed by atoms with Crippen LogP contribution in [0.5, 0.6) is 5.75 Å². The quantitative estimate of drug-likeness (QED) is 0.796. The molecule has 2 amide bonds. The van der Waals surface area contributed by atoms with Gasteiger partial charge in [0, 0.05) is 19.5 Å². The van der Waals surface area contributed by atoms with Crippen molar-refractivity contribution in [1.29, 1.82) is 0 Å². The smallest absolute Gasteiger partial charge is 0.258 e. The maximum atomic E-state index is 12.9. The van der Waals surface area contributed by atoms with Crippen molar-refractivity contribution in [3.63, 3.8) is 0 Å². The number of ether oxygens (including phenoxy) is 1. The van der Waals surface area contributed by atoms with E-state index >= 15 is 0 Å². The maximum Gasteiger partial charge on any atom is 0.258 e. The number of nitrogens with one attached hydrogen (secondary N) is 1. The third-order valence-electron chi connectivity index (χ3n) is 4.62. The lowest BCUT2D eigenvalue weighted by Crippen LogP contribution is -2.48. The lowest BCUT2D eigenvalue weighted by molar-refractivity contribution is -0.125. The number of benzene rings is 1. The third kappa shape index (κ3) is 4.84. The fraction of sp³-hybridized carbons (Fsp3) is 0.500. The van der Waals surface area contributed by atoms with Gasteiger partial charge in [0.25, 0.3) is 5.91 Å². The molecule has 1 heterocycles. The molecule has 0 unspecified atom stereocenters. The zero-order chi connectivity index (χ0) is 18.4. The highest BCUT2D eigenvalue weighted by atomic mass is 16.5. The van der Waals surface area contributed by atoms with Crippen LogP contribution in [0.25, 0.3) is 0 Å². The summed E-state index contributed by atoms with van der Waals surface area (Å²) in [6.45, 7) is 5.78. The number of hydrogen-bond acceptors (Lipinski definition) is 3. The van der Waals surface area contributed by atoms with E-state index in [2.05, 4.69) is 17.5 Å². The molecule has 0 fully saturated rings. The van der Waals surface area contributed by atoms with E-state index in [1.165, 1.54) is 4.90 Å². The number of amides is 2. The Morgan fingerprint density at radius 3 is 2.56 bits per heavy atom. The number of fused-ring (bicyclic) bond motifs is 1. The van der Waals surface area contributed by atoms with Crippen LogP contribution >= 0.6 is 0 Å². The Bertz CT molecular complexity index is 642. The molecule has 1 N–H and O–H groups in total. The third-order valence-corrected chi connectivity index (χ3v) is 4.62. The van der Waals surface area contributed by atoms with Crippen molar-refractivity contribution in [2.45, 2.75) is 58.2 Å². The van der Waals surface area contributed by atoms with Gasteiger partial charge in [-0.15, -0.1) is 0 Å². The van der Waals surface area contributed by atoms with Crippen molar-refractivity contribution < 1.29 is 14.3 Å². The number of likely N-dealkylation sites (N-methyl/N-ethyl adjacent to an activating group) is 1. The Morgan fingerprint density at radius 1 is 1.16 bits per heavy atom. The van der Waals surface area contributed by atoms with E-state index in [-0.39, 0.29) is 24.0 Å². The summed E-state index contributed by atoms with van der Waals surface area (Å²) in [5.41, 5.74) is 0.476. The number of para-hydroxylation sites is 1. The monoisotopic (exact) mass is 344 g/mol. The van der Waals surface area contributed by atoms with Gasteiger partial charge in [0.15, 0.2) is 0 Å². The summed E-state index contributed by atoms with van der Waals surface area (Å²) >= 11 is 0. The Morgan fingerprint density at radius 2 is 1.84 bits per heavy atom. The van der Waals surface area contributed by atoms with Crippen molar-refractivity contribution in [3.05, 3.63) is 42.0 Å². The van der Waals surface area contributed by atoms with E-state index in [9.17, 15) is 9.59 Å². The van der Waals surface area contributed by atoms with Crippen LogP contribution in [0.2, 0.25) is 0 Å². The van der Waals surface area contributed by atoms with Crippen molar-refractivity contribution in [2.75, 3.05) is 7.05 Å². The average molecular weight is 344 g/mol. The molecule has 0 aromatic heterocycles.